The number of allylic oxidation sites excluding steroid dienone is 1. The standard InChI is InChI=1S/C25H18F5N5O2/c1-37-23-12-17(34-13-18(26)19(27)14-34)5-6-21(23)35-10-8-22(36)24(33-35)20(7-9-31)32-16-4-2-3-15(11-16)25(28,29)30/h2-14,31-32H,1H3/b20-7-,31-9?. The van der Waals surface area contributed by atoms with Gasteiger partial charge in [-0.3, -0.25) is 4.79 Å². The second-order valence-electron chi connectivity index (χ2n) is 7.64. The molecular formula is C25H18F5N5O2. The van der Waals surface area contributed by atoms with E-state index < -0.39 is 28.8 Å². The van der Waals surface area contributed by atoms with Crippen molar-refractivity contribution in [3.63, 3.8) is 0 Å². The molecule has 7 nitrogen and oxygen atoms in total. The van der Waals surface area contributed by atoms with E-state index in [0.717, 1.165) is 30.7 Å². The van der Waals surface area contributed by atoms with Gasteiger partial charge in [0.1, 0.15) is 11.4 Å². The van der Waals surface area contributed by atoms with E-state index in [1.54, 1.807) is 12.1 Å². The van der Waals surface area contributed by atoms with Crippen LogP contribution >= 0.6 is 0 Å². The van der Waals surface area contributed by atoms with Crippen LogP contribution in [-0.4, -0.2) is 27.7 Å². The van der Waals surface area contributed by atoms with Gasteiger partial charge in [0.05, 0.1) is 18.4 Å². The molecule has 2 N–H and O–H groups in total. The Morgan fingerprint density at radius 3 is 2.46 bits per heavy atom. The Bertz CT molecular complexity index is 1540. The van der Waals surface area contributed by atoms with Crippen LogP contribution < -0.4 is 15.5 Å². The summed E-state index contributed by atoms with van der Waals surface area (Å²) < 4.78 is 74.2. The minimum absolute atomic E-state index is 0.0115. The molecule has 0 spiro atoms. The summed E-state index contributed by atoms with van der Waals surface area (Å²) in [5.74, 6) is -1.79. The van der Waals surface area contributed by atoms with Gasteiger partial charge in [0.15, 0.2) is 17.3 Å². The summed E-state index contributed by atoms with van der Waals surface area (Å²) in [6, 6.07) is 10.2. The van der Waals surface area contributed by atoms with Gasteiger partial charge in [-0.15, -0.1) is 0 Å². The third-order valence-corrected chi connectivity index (χ3v) is 5.22. The monoisotopic (exact) mass is 515 g/mol. The molecule has 0 bridgehead atoms. The molecule has 0 aliphatic carbocycles. The summed E-state index contributed by atoms with van der Waals surface area (Å²) in [6.45, 7) is 0. The topological polar surface area (TPSA) is 84.9 Å². The highest BCUT2D eigenvalue weighted by Crippen LogP contribution is 2.31. The molecule has 0 atom stereocenters. The Morgan fingerprint density at radius 1 is 1.08 bits per heavy atom. The van der Waals surface area contributed by atoms with Crippen LogP contribution in [0.5, 0.6) is 5.75 Å². The van der Waals surface area contributed by atoms with Gasteiger partial charge in [0.2, 0.25) is 5.43 Å². The Morgan fingerprint density at radius 2 is 1.81 bits per heavy atom. The van der Waals surface area contributed by atoms with Crippen molar-refractivity contribution in [1.29, 1.82) is 5.41 Å². The predicted octanol–water partition coefficient (Wildman–Crippen LogP) is 5.43. The average molecular weight is 515 g/mol. The highest BCUT2D eigenvalue weighted by molar-refractivity contribution is 5.87. The first-order valence-electron chi connectivity index (χ1n) is 10.6. The lowest BCUT2D eigenvalue weighted by atomic mass is 10.1. The highest BCUT2D eigenvalue weighted by Gasteiger charge is 2.30. The number of alkyl halides is 3. The maximum atomic E-state index is 13.5. The number of anilines is 1. The molecule has 12 heteroatoms. The molecule has 0 saturated carbocycles. The molecule has 0 radical (unpaired) electrons. The van der Waals surface area contributed by atoms with Gasteiger partial charge in [-0.05, 0) is 36.4 Å². The van der Waals surface area contributed by atoms with Crippen molar-refractivity contribution in [3.05, 3.63) is 106 Å². The number of nitrogens with zero attached hydrogens (tertiary/aromatic N) is 3. The summed E-state index contributed by atoms with van der Waals surface area (Å²) in [4.78, 5) is 12.6. The zero-order chi connectivity index (χ0) is 26.7. The zero-order valence-electron chi connectivity index (χ0n) is 19.1. The predicted molar refractivity (Wildman–Crippen MR) is 127 cm³/mol. The van der Waals surface area contributed by atoms with Gasteiger partial charge in [-0.2, -0.15) is 18.3 Å². The van der Waals surface area contributed by atoms with E-state index in [1.807, 2.05) is 0 Å². The summed E-state index contributed by atoms with van der Waals surface area (Å²) in [7, 11) is 1.37. The Kier molecular flexibility index (Phi) is 6.92. The second-order valence-corrected chi connectivity index (χ2v) is 7.64. The first kappa shape index (κ1) is 25.4. The average Bonchev–Trinajstić information content (AvgIpc) is 3.21. The fourth-order valence-corrected chi connectivity index (χ4v) is 3.49. The van der Waals surface area contributed by atoms with Crippen LogP contribution in [0, 0.1) is 17.0 Å². The van der Waals surface area contributed by atoms with Crippen LogP contribution in [0.4, 0.5) is 27.6 Å². The number of nitrogens with one attached hydrogen (secondary N) is 2. The molecule has 0 aliphatic heterocycles. The lowest BCUT2D eigenvalue weighted by molar-refractivity contribution is -0.137. The zero-order valence-corrected chi connectivity index (χ0v) is 19.1. The van der Waals surface area contributed by atoms with Gasteiger partial charge in [-0.1, -0.05) is 6.07 Å². The maximum Gasteiger partial charge on any atom is 0.416 e. The lowest BCUT2D eigenvalue weighted by Gasteiger charge is -2.15. The van der Waals surface area contributed by atoms with E-state index >= 15 is 0 Å². The molecule has 4 aromatic rings. The summed E-state index contributed by atoms with van der Waals surface area (Å²) in [6.07, 6.45) is 0.760. The van der Waals surface area contributed by atoms with E-state index in [4.69, 9.17) is 10.1 Å². The molecule has 2 aromatic heterocycles. The first-order chi connectivity index (χ1) is 17.6. The van der Waals surface area contributed by atoms with Gasteiger partial charge in [0, 0.05) is 48.3 Å². The number of halogens is 5. The Balaban J connectivity index is 1.73. The maximum absolute atomic E-state index is 13.5. The minimum Gasteiger partial charge on any atom is -0.494 e. The van der Waals surface area contributed by atoms with Crippen molar-refractivity contribution in [2.24, 2.45) is 0 Å². The van der Waals surface area contributed by atoms with Crippen molar-refractivity contribution in [3.8, 4) is 17.1 Å². The smallest absolute Gasteiger partial charge is 0.416 e. The SMILES string of the molecule is COc1cc(-n2cc(F)c(F)c2)ccc1-n1ccc(=O)c(/C(=C/C=N)Nc2cccc(C(F)(F)F)c2)n1. The fraction of sp³-hybridized carbons (Fsp3) is 0.0800. The first-order valence-corrected chi connectivity index (χ1v) is 10.6. The second kappa shape index (κ2) is 10.1. The fourth-order valence-electron chi connectivity index (χ4n) is 3.49. The van der Waals surface area contributed by atoms with E-state index in [1.165, 1.54) is 52.9 Å². The van der Waals surface area contributed by atoms with Crippen molar-refractivity contribution < 1.29 is 26.7 Å². The molecule has 190 valence electrons. The van der Waals surface area contributed by atoms with Crippen LogP contribution in [0.3, 0.4) is 0 Å². The Hall–Kier alpha value is -4.74. The molecular weight excluding hydrogens is 497 g/mol. The molecule has 0 unspecified atom stereocenters. The molecule has 4 rings (SSSR count). The quantitative estimate of drug-likeness (QED) is 0.254. The molecule has 2 heterocycles. The van der Waals surface area contributed by atoms with Crippen LogP contribution in [0.25, 0.3) is 17.1 Å². The van der Waals surface area contributed by atoms with Crippen molar-refractivity contribution >= 4 is 17.6 Å². The van der Waals surface area contributed by atoms with Crippen molar-refractivity contribution in [2.75, 3.05) is 12.4 Å². The third-order valence-electron chi connectivity index (χ3n) is 5.22. The number of methoxy groups -OCH3 is 1. The van der Waals surface area contributed by atoms with Crippen LogP contribution in [0.15, 0.2) is 78.0 Å². The normalized spacial score (nSPS) is 11.9. The van der Waals surface area contributed by atoms with E-state index in [2.05, 4.69) is 10.4 Å². The van der Waals surface area contributed by atoms with Gasteiger partial charge in [0.25, 0.3) is 0 Å². The van der Waals surface area contributed by atoms with Gasteiger partial charge < -0.3 is 20.0 Å². The Labute approximate surface area is 206 Å². The highest BCUT2D eigenvalue weighted by atomic mass is 19.4. The number of rotatable bonds is 7. The minimum atomic E-state index is -4.57. The summed E-state index contributed by atoms with van der Waals surface area (Å²) in [5.41, 5.74) is -0.858. The number of hydrogen-bond donors (Lipinski definition) is 2. The van der Waals surface area contributed by atoms with Crippen LogP contribution in [0.2, 0.25) is 0 Å². The molecule has 0 aliphatic rings. The number of benzene rings is 2. The molecule has 0 saturated heterocycles. The van der Waals surface area contributed by atoms with Crippen molar-refractivity contribution in [2.45, 2.75) is 6.18 Å². The third kappa shape index (κ3) is 5.42. The molecule has 37 heavy (non-hydrogen) atoms. The number of aromatic nitrogens is 3. The van der Waals surface area contributed by atoms with Gasteiger partial charge in [-0.25, -0.2) is 13.5 Å². The largest absolute Gasteiger partial charge is 0.494 e. The van der Waals surface area contributed by atoms with E-state index in [9.17, 15) is 26.7 Å². The molecule has 2 aromatic carbocycles. The number of hydrogen-bond acceptors (Lipinski definition) is 5. The van der Waals surface area contributed by atoms with E-state index in [-0.39, 0.29) is 22.8 Å². The van der Waals surface area contributed by atoms with Crippen LogP contribution in [0.1, 0.15) is 11.3 Å². The number of ether oxygens (including phenoxy) is 1. The van der Waals surface area contributed by atoms with Gasteiger partial charge >= 0.3 is 6.18 Å². The van der Waals surface area contributed by atoms with Crippen LogP contribution in [-0.2, 0) is 6.18 Å². The summed E-state index contributed by atoms with van der Waals surface area (Å²) >= 11 is 0. The molecule has 0 amide bonds. The lowest BCUT2D eigenvalue weighted by Crippen LogP contribution is -2.19. The molecule has 0 fully saturated rings. The van der Waals surface area contributed by atoms with E-state index in [0.29, 0.717) is 11.4 Å². The summed E-state index contributed by atoms with van der Waals surface area (Å²) in [5, 5.41) is 14.5. The van der Waals surface area contributed by atoms with Crippen molar-refractivity contribution in [1.82, 2.24) is 14.3 Å².